The number of nitrogens with one attached hydrogen (secondary N) is 1. The molecule has 2 aliphatic rings. The highest BCUT2D eigenvalue weighted by atomic mass is 19.1. The number of carbonyl (C=O) groups is 1. The molecule has 1 saturated carbocycles. The predicted molar refractivity (Wildman–Crippen MR) is 83.3 cm³/mol. The number of ether oxygens (including phenoxy) is 1. The number of carbonyl (C=O) groups excluding carboxylic acids is 1. The van der Waals surface area contributed by atoms with E-state index >= 15 is 0 Å². The molecule has 0 spiro atoms. The van der Waals surface area contributed by atoms with Crippen molar-refractivity contribution in [1.29, 1.82) is 0 Å². The molecule has 0 bridgehead atoms. The number of aromatic nitrogens is 2. The number of nitrogens with zero attached hydrogens (tertiary/aromatic N) is 2. The number of rotatable bonds is 4. The minimum atomic E-state index is -0.471. The summed E-state index contributed by atoms with van der Waals surface area (Å²) in [5.74, 6) is -0.163. The first kappa shape index (κ1) is 15.9. The first-order valence-corrected chi connectivity index (χ1v) is 8.30. The van der Waals surface area contributed by atoms with E-state index in [1.807, 2.05) is 0 Å². The second kappa shape index (κ2) is 7.53. The predicted octanol–water partition coefficient (Wildman–Crippen LogP) is 2.78. The fourth-order valence-electron chi connectivity index (χ4n) is 3.19. The van der Waals surface area contributed by atoms with Gasteiger partial charge in [-0.2, -0.15) is 0 Å². The monoisotopic (exact) mass is 319 g/mol. The van der Waals surface area contributed by atoms with Crippen LogP contribution in [0.2, 0.25) is 0 Å². The lowest BCUT2D eigenvalue weighted by molar-refractivity contribution is -0.126. The van der Waals surface area contributed by atoms with Crippen molar-refractivity contribution in [3.8, 4) is 6.01 Å². The zero-order valence-electron chi connectivity index (χ0n) is 13.1. The number of hydrogen-bond donors (Lipinski definition) is 1. The Labute approximate surface area is 135 Å². The van der Waals surface area contributed by atoms with Crippen molar-refractivity contribution in [2.45, 2.75) is 57.1 Å². The minimum absolute atomic E-state index is 0.0335. The van der Waals surface area contributed by atoms with Gasteiger partial charge in [0.25, 0.3) is 0 Å². The lowest BCUT2D eigenvalue weighted by Gasteiger charge is -2.30. The van der Waals surface area contributed by atoms with Crippen LogP contribution in [-0.4, -0.2) is 28.0 Å². The zero-order valence-corrected chi connectivity index (χ0v) is 13.1. The number of hydrogen-bond acceptors (Lipinski definition) is 4. The highest BCUT2D eigenvalue weighted by Crippen LogP contribution is 2.24. The maximum Gasteiger partial charge on any atom is 0.316 e. The Morgan fingerprint density at radius 3 is 2.52 bits per heavy atom. The summed E-state index contributed by atoms with van der Waals surface area (Å²) in [6.07, 6.45) is 12.7. The zero-order chi connectivity index (χ0) is 16.1. The molecule has 5 nitrogen and oxygen atoms in total. The van der Waals surface area contributed by atoms with Crippen LogP contribution in [0.5, 0.6) is 6.01 Å². The van der Waals surface area contributed by atoms with Crippen molar-refractivity contribution in [3.05, 3.63) is 30.4 Å². The van der Waals surface area contributed by atoms with E-state index in [9.17, 15) is 9.18 Å². The summed E-state index contributed by atoms with van der Waals surface area (Å²) in [6, 6.07) is 0.440. The molecule has 2 aliphatic carbocycles. The van der Waals surface area contributed by atoms with Crippen LogP contribution >= 0.6 is 0 Å². The summed E-state index contributed by atoms with van der Waals surface area (Å²) < 4.78 is 18.4. The number of amides is 1. The first-order chi connectivity index (χ1) is 11.2. The molecule has 3 rings (SSSR count). The average Bonchev–Trinajstić information content (AvgIpc) is 2.59. The molecule has 1 fully saturated rings. The Morgan fingerprint density at radius 1 is 1.13 bits per heavy atom. The summed E-state index contributed by atoms with van der Waals surface area (Å²) in [5, 5.41) is 3.17. The molecule has 1 atom stereocenters. The van der Waals surface area contributed by atoms with E-state index in [1.54, 1.807) is 0 Å². The van der Waals surface area contributed by atoms with Gasteiger partial charge < -0.3 is 10.1 Å². The van der Waals surface area contributed by atoms with E-state index in [4.69, 9.17) is 4.74 Å². The van der Waals surface area contributed by atoms with E-state index in [-0.39, 0.29) is 30.0 Å². The van der Waals surface area contributed by atoms with Crippen LogP contribution in [-0.2, 0) is 4.79 Å². The summed E-state index contributed by atoms with van der Waals surface area (Å²) in [5.41, 5.74) is 0. The van der Waals surface area contributed by atoms with Gasteiger partial charge in [-0.25, -0.2) is 14.4 Å². The number of halogens is 1. The molecule has 0 radical (unpaired) electrons. The van der Waals surface area contributed by atoms with Crippen LogP contribution < -0.4 is 10.1 Å². The van der Waals surface area contributed by atoms with Gasteiger partial charge in [-0.05, 0) is 44.9 Å². The summed E-state index contributed by atoms with van der Waals surface area (Å²) in [6.45, 7) is 0. The Bertz CT molecular complexity index is 553. The molecule has 1 N–H and O–H groups in total. The maximum absolute atomic E-state index is 12.8. The summed E-state index contributed by atoms with van der Waals surface area (Å²) >= 11 is 0. The SMILES string of the molecule is O=C(NC1CCC(Oc2ncc(F)cn2)CC1)[C@@H]1CC=CCC1. The third-order valence-corrected chi connectivity index (χ3v) is 4.53. The van der Waals surface area contributed by atoms with Crippen LogP contribution in [0.15, 0.2) is 24.5 Å². The normalized spacial score (nSPS) is 27.4. The van der Waals surface area contributed by atoms with Crippen LogP contribution in [0.4, 0.5) is 4.39 Å². The maximum atomic E-state index is 12.8. The molecule has 1 aromatic heterocycles. The summed E-state index contributed by atoms with van der Waals surface area (Å²) in [7, 11) is 0. The standard InChI is InChI=1S/C17H22FN3O2/c18-13-10-19-17(20-11-13)23-15-8-6-14(7-9-15)21-16(22)12-4-2-1-3-5-12/h1-2,10-12,14-15H,3-9H2,(H,21,22)/t12-,14?,15?/m1/s1. The van der Waals surface area contributed by atoms with Gasteiger partial charge in [-0.15, -0.1) is 0 Å². The molecule has 1 heterocycles. The molecule has 0 aromatic carbocycles. The molecule has 0 saturated heterocycles. The van der Waals surface area contributed by atoms with Crippen molar-refractivity contribution in [1.82, 2.24) is 15.3 Å². The van der Waals surface area contributed by atoms with E-state index in [0.29, 0.717) is 0 Å². The smallest absolute Gasteiger partial charge is 0.316 e. The molecular formula is C17H22FN3O2. The lowest BCUT2D eigenvalue weighted by atomic mass is 9.90. The van der Waals surface area contributed by atoms with Gasteiger partial charge in [-0.3, -0.25) is 4.79 Å². The largest absolute Gasteiger partial charge is 0.460 e. The van der Waals surface area contributed by atoms with Gasteiger partial charge in [0, 0.05) is 12.0 Å². The second-order valence-corrected chi connectivity index (χ2v) is 6.27. The second-order valence-electron chi connectivity index (χ2n) is 6.27. The van der Waals surface area contributed by atoms with Gasteiger partial charge in [0.1, 0.15) is 6.10 Å². The van der Waals surface area contributed by atoms with Crippen molar-refractivity contribution in [3.63, 3.8) is 0 Å². The third kappa shape index (κ3) is 4.50. The topological polar surface area (TPSA) is 64.1 Å². The van der Waals surface area contributed by atoms with Crippen LogP contribution in [0.3, 0.4) is 0 Å². The molecule has 1 aromatic rings. The Hall–Kier alpha value is -1.98. The Kier molecular flexibility index (Phi) is 5.20. The van der Waals surface area contributed by atoms with Crippen molar-refractivity contribution < 1.29 is 13.9 Å². The van der Waals surface area contributed by atoms with Crippen LogP contribution in [0.25, 0.3) is 0 Å². The molecule has 0 aliphatic heterocycles. The highest BCUT2D eigenvalue weighted by Gasteiger charge is 2.26. The van der Waals surface area contributed by atoms with Gasteiger partial charge in [0.15, 0.2) is 5.82 Å². The summed E-state index contributed by atoms with van der Waals surface area (Å²) in [4.78, 5) is 19.9. The first-order valence-electron chi connectivity index (χ1n) is 8.30. The molecule has 124 valence electrons. The fourth-order valence-corrected chi connectivity index (χ4v) is 3.19. The van der Waals surface area contributed by atoms with E-state index < -0.39 is 5.82 Å². The molecular weight excluding hydrogens is 297 g/mol. The van der Waals surface area contributed by atoms with Crippen molar-refractivity contribution >= 4 is 5.91 Å². The van der Waals surface area contributed by atoms with Crippen LogP contribution in [0.1, 0.15) is 44.9 Å². The fraction of sp³-hybridized carbons (Fsp3) is 0.588. The van der Waals surface area contributed by atoms with E-state index in [2.05, 4.69) is 27.4 Å². The molecule has 6 heteroatoms. The Balaban J connectivity index is 1.42. The minimum Gasteiger partial charge on any atom is -0.460 e. The van der Waals surface area contributed by atoms with E-state index in [0.717, 1.165) is 57.3 Å². The van der Waals surface area contributed by atoms with Gasteiger partial charge >= 0.3 is 6.01 Å². The lowest BCUT2D eigenvalue weighted by Crippen LogP contribution is -2.42. The molecule has 0 unspecified atom stereocenters. The molecule has 1 amide bonds. The molecule has 23 heavy (non-hydrogen) atoms. The van der Waals surface area contributed by atoms with Gasteiger partial charge in [0.05, 0.1) is 12.4 Å². The van der Waals surface area contributed by atoms with Crippen molar-refractivity contribution in [2.75, 3.05) is 0 Å². The average molecular weight is 319 g/mol. The van der Waals surface area contributed by atoms with Crippen LogP contribution in [0, 0.1) is 11.7 Å². The third-order valence-electron chi connectivity index (χ3n) is 4.53. The van der Waals surface area contributed by atoms with Gasteiger partial charge in [-0.1, -0.05) is 12.2 Å². The number of allylic oxidation sites excluding steroid dienone is 2. The quantitative estimate of drug-likeness (QED) is 0.867. The van der Waals surface area contributed by atoms with E-state index in [1.165, 1.54) is 0 Å². The van der Waals surface area contributed by atoms with Gasteiger partial charge in [0.2, 0.25) is 5.91 Å². The van der Waals surface area contributed by atoms with Crippen molar-refractivity contribution in [2.24, 2.45) is 5.92 Å². The highest BCUT2D eigenvalue weighted by molar-refractivity contribution is 5.79. The Morgan fingerprint density at radius 2 is 1.87 bits per heavy atom.